The lowest BCUT2D eigenvalue weighted by Gasteiger charge is -2.04. The molecule has 0 unspecified atom stereocenters. The van der Waals surface area contributed by atoms with E-state index >= 15 is 0 Å². The number of hydrogen-bond acceptors (Lipinski definition) is 5. The zero-order valence-electron chi connectivity index (χ0n) is 11.8. The van der Waals surface area contributed by atoms with Gasteiger partial charge in [-0.05, 0) is 29.5 Å². The summed E-state index contributed by atoms with van der Waals surface area (Å²) in [5, 5.41) is 14.4. The highest BCUT2D eigenvalue weighted by Crippen LogP contribution is 2.17. The Bertz CT molecular complexity index is 785. The largest absolute Gasteiger partial charge is 0.497 e. The Morgan fingerprint density at radius 3 is 2.73 bits per heavy atom. The standard InChI is InChI=1S/C15H13N5O2/c1-22-13-9-5-6-11(10-13)16-15(21)14-17-19-20(18-14)12-7-3-2-4-8-12/h2-10H,1H3,(H,16,21). The molecule has 0 aliphatic rings. The summed E-state index contributed by atoms with van der Waals surface area (Å²) in [5.74, 6) is 0.209. The molecule has 0 aliphatic heterocycles. The van der Waals surface area contributed by atoms with Crippen molar-refractivity contribution in [1.29, 1.82) is 0 Å². The molecule has 0 saturated heterocycles. The van der Waals surface area contributed by atoms with Gasteiger partial charge in [0, 0.05) is 11.8 Å². The van der Waals surface area contributed by atoms with Gasteiger partial charge in [-0.2, -0.15) is 0 Å². The predicted molar refractivity (Wildman–Crippen MR) is 80.1 cm³/mol. The first-order valence-corrected chi connectivity index (χ1v) is 6.57. The molecule has 1 amide bonds. The lowest BCUT2D eigenvalue weighted by molar-refractivity contribution is 0.101. The van der Waals surface area contributed by atoms with Crippen molar-refractivity contribution in [2.45, 2.75) is 0 Å². The highest BCUT2D eigenvalue weighted by atomic mass is 16.5. The number of anilines is 1. The third kappa shape index (κ3) is 2.93. The van der Waals surface area contributed by atoms with Crippen LogP contribution < -0.4 is 10.1 Å². The SMILES string of the molecule is COc1cccc(NC(=O)c2nnn(-c3ccccc3)n2)c1. The van der Waals surface area contributed by atoms with Crippen LogP contribution in [0.5, 0.6) is 5.75 Å². The Kier molecular flexibility index (Phi) is 3.78. The van der Waals surface area contributed by atoms with Crippen LogP contribution in [0.4, 0.5) is 5.69 Å². The number of carbonyl (C=O) groups excluding carboxylic acids is 1. The van der Waals surface area contributed by atoms with Crippen molar-refractivity contribution in [3.63, 3.8) is 0 Å². The Hall–Kier alpha value is -3.22. The minimum atomic E-state index is -0.435. The molecule has 0 fully saturated rings. The van der Waals surface area contributed by atoms with E-state index in [2.05, 4.69) is 20.7 Å². The zero-order valence-corrected chi connectivity index (χ0v) is 11.8. The van der Waals surface area contributed by atoms with E-state index in [1.54, 1.807) is 31.4 Å². The van der Waals surface area contributed by atoms with E-state index in [4.69, 9.17) is 4.74 Å². The van der Waals surface area contributed by atoms with Crippen LogP contribution in [0.1, 0.15) is 10.6 Å². The third-order valence-electron chi connectivity index (χ3n) is 2.93. The normalized spacial score (nSPS) is 10.2. The predicted octanol–water partition coefficient (Wildman–Crippen LogP) is 1.92. The van der Waals surface area contributed by atoms with E-state index in [0.717, 1.165) is 5.69 Å². The van der Waals surface area contributed by atoms with Gasteiger partial charge in [-0.1, -0.05) is 24.3 Å². The van der Waals surface area contributed by atoms with Crippen LogP contribution in [0.15, 0.2) is 54.6 Å². The molecule has 1 N–H and O–H groups in total. The number of methoxy groups -OCH3 is 1. The summed E-state index contributed by atoms with van der Waals surface area (Å²) in [4.78, 5) is 13.4. The van der Waals surface area contributed by atoms with Gasteiger partial charge >= 0.3 is 0 Å². The van der Waals surface area contributed by atoms with Crippen LogP contribution in [-0.4, -0.2) is 33.2 Å². The Balaban J connectivity index is 1.77. The fourth-order valence-corrected chi connectivity index (χ4v) is 1.86. The number of hydrogen-bond donors (Lipinski definition) is 1. The number of nitrogens with one attached hydrogen (secondary N) is 1. The number of benzene rings is 2. The second kappa shape index (κ2) is 6.04. The molecule has 7 heteroatoms. The van der Waals surface area contributed by atoms with Crippen LogP contribution in [0.3, 0.4) is 0 Å². The average Bonchev–Trinajstić information content (AvgIpc) is 3.06. The summed E-state index contributed by atoms with van der Waals surface area (Å²) in [6.45, 7) is 0. The number of amides is 1. The van der Waals surface area contributed by atoms with E-state index in [1.807, 2.05) is 30.3 Å². The highest BCUT2D eigenvalue weighted by molar-refractivity contribution is 6.01. The van der Waals surface area contributed by atoms with Gasteiger partial charge < -0.3 is 10.1 Å². The number of aromatic nitrogens is 4. The minimum absolute atomic E-state index is 0.00771. The van der Waals surface area contributed by atoms with Gasteiger partial charge in [0.15, 0.2) is 0 Å². The van der Waals surface area contributed by atoms with E-state index in [9.17, 15) is 4.79 Å². The van der Waals surface area contributed by atoms with Gasteiger partial charge in [-0.3, -0.25) is 4.79 Å². The molecule has 0 saturated carbocycles. The van der Waals surface area contributed by atoms with Crippen LogP contribution in [0.25, 0.3) is 5.69 Å². The second-order valence-electron chi connectivity index (χ2n) is 4.42. The Morgan fingerprint density at radius 2 is 1.95 bits per heavy atom. The van der Waals surface area contributed by atoms with Crippen LogP contribution in [0, 0.1) is 0 Å². The molecule has 110 valence electrons. The number of rotatable bonds is 4. The Morgan fingerprint density at radius 1 is 1.14 bits per heavy atom. The van der Waals surface area contributed by atoms with Gasteiger partial charge in [-0.25, -0.2) is 0 Å². The van der Waals surface area contributed by atoms with Gasteiger partial charge in [0.25, 0.3) is 11.7 Å². The summed E-state index contributed by atoms with van der Waals surface area (Å²) in [6.07, 6.45) is 0. The van der Waals surface area contributed by atoms with E-state index < -0.39 is 5.91 Å². The number of tetrazole rings is 1. The van der Waals surface area contributed by atoms with Crippen molar-refractivity contribution >= 4 is 11.6 Å². The summed E-state index contributed by atoms with van der Waals surface area (Å²) in [6, 6.07) is 16.3. The molecule has 0 atom stereocenters. The summed E-state index contributed by atoms with van der Waals surface area (Å²) >= 11 is 0. The number of carbonyl (C=O) groups is 1. The highest BCUT2D eigenvalue weighted by Gasteiger charge is 2.14. The first kappa shape index (κ1) is 13.7. The van der Waals surface area contributed by atoms with Crippen LogP contribution >= 0.6 is 0 Å². The minimum Gasteiger partial charge on any atom is -0.497 e. The van der Waals surface area contributed by atoms with E-state index in [0.29, 0.717) is 11.4 Å². The third-order valence-corrected chi connectivity index (χ3v) is 2.93. The number of nitrogens with zero attached hydrogens (tertiary/aromatic N) is 4. The second-order valence-corrected chi connectivity index (χ2v) is 4.42. The molecule has 0 bridgehead atoms. The van der Waals surface area contributed by atoms with Gasteiger partial charge in [0.05, 0.1) is 12.8 Å². The van der Waals surface area contributed by atoms with E-state index in [-0.39, 0.29) is 5.82 Å². The molecule has 0 spiro atoms. The molecule has 2 aromatic carbocycles. The fraction of sp³-hybridized carbons (Fsp3) is 0.0667. The molecular formula is C15H13N5O2. The van der Waals surface area contributed by atoms with Crippen molar-refractivity contribution < 1.29 is 9.53 Å². The molecule has 22 heavy (non-hydrogen) atoms. The maximum Gasteiger partial charge on any atom is 0.297 e. The molecule has 0 radical (unpaired) electrons. The van der Waals surface area contributed by atoms with Gasteiger partial charge in [0.2, 0.25) is 0 Å². The smallest absolute Gasteiger partial charge is 0.297 e. The number of para-hydroxylation sites is 1. The molecule has 0 aliphatic carbocycles. The molecular weight excluding hydrogens is 282 g/mol. The summed E-state index contributed by atoms with van der Waals surface area (Å²) < 4.78 is 5.11. The molecule has 1 aromatic heterocycles. The fourth-order valence-electron chi connectivity index (χ4n) is 1.86. The lowest BCUT2D eigenvalue weighted by atomic mass is 10.3. The van der Waals surface area contributed by atoms with Crippen LogP contribution in [-0.2, 0) is 0 Å². The molecule has 3 aromatic rings. The van der Waals surface area contributed by atoms with Gasteiger partial charge in [-0.15, -0.1) is 15.0 Å². The Labute approximate surface area is 126 Å². The maximum atomic E-state index is 12.1. The molecule has 1 heterocycles. The van der Waals surface area contributed by atoms with Gasteiger partial charge in [0.1, 0.15) is 5.75 Å². The molecule has 7 nitrogen and oxygen atoms in total. The van der Waals surface area contributed by atoms with Crippen molar-refractivity contribution in [3.05, 3.63) is 60.4 Å². The lowest BCUT2D eigenvalue weighted by Crippen LogP contribution is -2.14. The first-order chi connectivity index (χ1) is 10.8. The monoisotopic (exact) mass is 295 g/mol. The van der Waals surface area contributed by atoms with Crippen LogP contribution in [0.2, 0.25) is 0 Å². The molecule has 3 rings (SSSR count). The maximum absolute atomic E-state index is 12.1. The van der Waals surface area contributed by atoms with Crippen molar-refractivity contribution in [2.75, 3.05) is 12.4 Å². The summed E-state index contributed by atoms with van der Waals surface area (Å²) in [5.41, 5.74) is 1.33. The quantitative estimate of drug-likeness (QED) is 0.795. The van der Waals surface area contributed by atoms with Crippen molar-refractivity contribution in [1.82, 2.24) is 20.2 Å². The van der Waals surface area contributed by atoms with Crippen molar-refractivity contribution in [2.24, 2.45) is 0 Å². The zero-order chi connectivity index (χ0) is 15.4. The average molecular weight is 295 g/mol. The summed E-state index contributed by atoms with van der Waals surface area (Å²) in [7, 11) is 1.56. The number of ether oxygens (including phenoxy) is 1. The topological polar surface area (TPSA) is 81.9 Å². The van der Waals surface area contributed by atoms with E-state index in [1.165, 1.54) is 4.80 Å². The first-order valence-electron chi connectivity index (χ1n) is 6.57. The van der Waals surface area contributed by atoms with Crippen molar-refractivity contribution in [3.8, 4) is 11.4 Å².